The molecule has 2 nitrogen and oxygen atoms in total. The van der Waals surface area contributed by atoms with Crippen LogP contribution in [-0.4, -0.2) is 4.98 Å². The van der Waals surface area contributed by atoms with E-state index in [1.165, 1.54) is 0 Å². The molecule has 0 saturated heterocycles. The highest BCUT2D eigenvalue weighted by atomic mass is 79.9. The number of benzene rings is 1. The van der Waals surface area contributed by atoms with Crippen LogP contribution in [0.2, 0.25) is 10.2 Å². The number of pyridine rings is 1. The number of rotatable bonds is 2. The van der Waals surface area contributed by atoms with Crippen LogP contribution in [0.1, 0.15) is 0 Å². The molecule has 5 heteroatoms. The quantitative estimate of drug-likeness (QED) is 0.797. The lowest BCUT2D eigenvalue weighted by atomic mass is 10.3. The Morgan fingerprint density at radius 3 is 2.75 bits per heavy atom. The molecule has 2 aromatic rings. The normalized spacial score (nSPS) is 10.2. The first kappa shape index (κ1) is 11.7. The molecule has 0 fully saturated rings. The maximum absolute atomic E-state index is 5.96. The summed E-state index contributed by atoms with van der Waals surface area (Å²) in [5.41, 5.74) is 1.60. The molecule has 82 valence electrons. The molecule has 0 aliphatic carbocycles. The molecule has 0 saturated carbocycles. The third-order valence-electron chi connectivity index (χ3n) is 1.91. The maximum atomic E-state index is 5.96. The van der Waals surface area contributed by atoms with E-state index in [4.69, 9.17) is 23.2 Å². The van der Waals surface area contributed by atoms with Crippen LogP contribution in [0, 0.1) is 0 Å². The van der Waals surface area contributed by atoms with Crippen molar-refractivity contribution in [1.29, 1.82) is 0 Å². The molecular formula is C11H7BrCl2N2. The first-order valence-electron chi connectivity index (χ1n) is 4.49. The van der Waals surface area contributed by atoms with Gasteiger partial charge in [0.25, 0.3) is 0 Å². The van der Waals surface area contributed by atoms with Crippen LogP contribution in [0.4, 0.5) is 11.4 Å². The summed E-state index contributed by atoms with van der Waals surface area (Å²) >= 11 is 15.2. The molecule has 0 aliphatic rings. The highest BCUT2D eigenvalue weighted by molar-refractivity contribution is 9.10. The smallest absolute Gasteiger partial charge is 0.152 e. The van der Waals surface area contributed by atoms with E-state index in [-0.39, 0.29) is 0 Å². The van der Waals surface area contributed by atoms with Crippen LogP contribution in [0.3, 0.4) is 0 Å². The summed E-state index contributed by atoms with van der Waals surface area (Å²) in [5, 5.41) is 4.24. The Kier molecular flexibility index (Phi) is 3.69. The molecule has 16 heavy (non-hydrogen) atoms. The molecule has 1 N–H and O–H groups in total. The van der Waals surface area contributed by atoms with Crippen molar-refractivity contribution in [2.75, 3.05) is 5.32 Å². The summed E-state index contributed by atoms with van der Waals surface area (Å²) in [7, 11) is 0. The number of aromatic nitrogens is 1. The van der Waals surface area contributed by atoms with Gasteiger partial charge in [0.05, 0.1) is 5.69 Å². The second-order valence-corrected chi connectivity index (χ2v) is 4.84. The molecule has 0 atom stereocenters. The Hall–Kier alpha value is -0.770. The number of nitrogens with zero attached hydrogens (tertiary/aromatic N) is 1. The van der Waals surface area contributed by atoms with Crippen molar-refractivity contribution in [2.45, 2.75) is 0 Å². The topological polar surface area (TPSA) is 24.9 Å². The van der Waals surface area contributed by atoms with Gasteiger partial charge in [0.1, 0.15) is 0 Å². The van der Waals surface area contributed by atoms with E-state index in [2.05, 4.69) is 26.2 Å². The number of halogens is 3. The van der Waals surface area contributed by atoms with Crippen molar-refractivity contribution in [3.05, 3.63) is 51.2 Å². The third-order valence-corrected chi connectivity index (χ3v) is 2.88. The lowest BCUT2D eigenvalue weighted by molar-refractivity contribution is 1.30. The molecule has 1 aromatic carbocycles. The highest BCUT2D eigenvalue weighted by Gasteiger charge is 2.03. The molecule has 2 rings (SSSR count). The average Bonchev–Trinajstić information content (AvgIpc) is 2.24. The lowest BCUT2D eigenvalue weighted by Crippen LogP contribution is -1.92. The van der Waals surface area contributed by atoms with Crippen molar-refractivity contribution in [2.24, 2.45) is 0 Å². The van der Waals surface area contributed by atoms with Crippen molar-refractivity contribution in [3.8, 4) is 0 Å². The minimum Gasteiger partial charge on any atom is -0.353 e. The summed E-state index contributed by atoms with van der Waals surface area (Å²) in [4.78, 5) is 4.02. The lowest BCUT2D eigenvalue weighted by Gasteiger charge is -2.08. The van der Waals surface area contributed by atoms with Gasteiger partial charge >= 0.3 is 0 Å². The van der Waals surface area contributed by atoms with E-state index in [9.17, 15) is 0 Å². The van der Waals surface area contributed by atoms with Gasteiger partial charge in [-0.05, 0) is 40.2 Å². The Labute approximate surface area is 112 Å². The Morgan fingerprint density at radius 1 is 1.19 bits per heavy atom. The van der Waals surface area contributed by atoms with E-state index in [1.54, 1.807) is 6.20 Å². The zero-order chi connectivity index (χ0) is 11.5. The third kappa shape index (κ3) is 2.88. The van der Waals surface area contributed by atoms with Gasteiger partial charge in [-0.25, -0.2) is 4.98 Å². The van der Waals surface area contributed by atoms with Crippen molar-refractivity contribution >= 4 is 50.5 Å². The molecule has 0 spiro atoms. The maximum Gasteiger partial charge on any atom is 0.152 e. The first-order chi connectivity index (χ1) is 7.65. The van der Waals surface area contributed by atoms with Gasteiger partial charge in [0.15, 0.2) is 5.15 Å². The van der Waals surface area contributed by atoms with E-state index < -0.39 is 0 Å². The van der Waals surface area contributed by atoms with Crippen LogP contribution < -0.4 is 5.32 Å². The minimum absolute atomic E-state index is 0.420. The van der Waals surface area contributed by atoms with E-state index in [1.807, 2.05) is 30.3 Å². The molecular weight excluding hydrogens is 311 g/mol. The van der Waals surface area contributed by atoms with Gasteiger partial charge in [-0.1, -0.05) is 29.3 Å². The fourth-order valence-electron chi connectivity index (χ4n) is 1.23. The number of hydrogen-bond donors (Lipinski definition) is 1. The van der Waals surface area contributed by atoms with Crippen LogP contribution in [0.5, 0.6) is 0 Å². The van der Waals surface area contributed by atoms with Crippen LogP contribution >= 0.6 is 39.1 Å². The number of nitrogens with one attached hydrogen (secondary N) is 1. The SMILES string of the molecule is Clc1cccc(Nc2cc(Br)cnc2Cl)c1. The van der Waals surface area contributed by atoms with Crippen LogP contribution in [-0.2, 0) is 0 Å². The van der Waals surface area contributed by atoms with Gasteiger partial charge in [0.2, 0.25) is 0 Å². The van der Waals surface area contributed by atoms with Gasteiger partial charge in [-0.2, -0.15) is 0 Å². The van der Waals surface area contributed by atoms with Gasteiger partial charge in [-0.15, -0.1) is 0 Å². The Bertz CT molecular complexity index is 517. The van der Waals surface area contributed by atoms with Crippen molar-refractivity contribution < 1.29 is 0 Å². The zero-order valence-corrected chi connectivity index (χ0v) is 11.1. The molecule has 0 aliphatic heterocycles. The Morgan fingerprint density at radius 2 is 2.00 bits per heavy atom. The Balaban J connectivity index is 2.30. The minimum atomic E-state index is 0.420. The van der Waals surface area contributed by atoms with Crippen molar-refractivity contribution in [3.63, 3.8) is 0 Å². The molecule has 0 bridgehead atoms. The summed E-state index contributed by atoms with van der Waals surface area (Å²) in [6, 6.07) is 9.26. The standard InChI is InChI=1S/C11H7BrCl2N2/c12-7-4-10(11(14)15-6-7)16-9-3-1-2-8(13)5-9/h1-6,16H. The summed E-state index contributed by atoms with van der Waals surface area (Å²) in [6.07, 6.45) is 1.64. The second kappa shape index (κ2) is 5.04. The van der Waals surface area contributed by atoms with E-state index >= 15 is 0 Å². The van der Waals surface area contributed by atoms with Crippen LogP contribution in [0.25, 0.3) is 0 Å². The van der Waals surface area contributed by atoms with Gasteiger partial charge in [0, 0.05) is 21.4 Å². The predicted molar refractivity (Wildman–Crippen MR) is 71.7 cm³/mol. The summed E-state index contributed by atoms with van der Waals surface area (Å²) < 4.78 is 0.862. The number of anilines is 2. The van der Waals surface area contributed by atoms with E-state index in [0.717, 1.165) is 15.8 Å². The second-order valence-electron chi connectivity index (χ2n) is 3.13. The first-order valence-corrected chi connectivity index (χ1v) is 6.04. The predicted octanol–water partition coefficient (Wildman–Crippen LogP) is 4.89. The zero-order valence-electron chi connectivity index (χ0n) is 8.05. The highest BCUT2D eigenvalue weighted by Crippen LogP contribution is 2.27. The number of hydrogen-bond acceptors (Lipinski definition) is 2. The van der Waals surface area contributed by atoms with Gasteiger partial charge in [-0.3, -0.25) is 0 Å². The largest absolute Gasteiger partial charge is 0.353 e. The fraction of sp³-hybridized carbons (Fsp3) is 0. The molecule has 0 amide bonds. The monoisotopic (exact) mass is 316 g/mol. The van der Waals surface area contributed by atoms with Gasteiger partial charge < -0.3 is 5.32 Å². The van der Waals surface area contributed by atoms with E-state index in [0.29, 0.717) is 10.2 Å². The molecule has 1 heterocycles. The molecule has 1 aromatic heterocycles. The molecule has 0 radical (unpaired) electrons. The summed E-state index contributed by atoms with van der Waals surface area (Å²) in [6.45, 7) is 0. The average molecular weight is 318 g/mol. The summed E-state index contributed by atoms with van der Waals surface area (Å²) in [5.74, 6) is 0. The van der Waals surface area contributed by atoms with Crippen molar-refractivity contribution in [1.82, 2.24) is 4.98 Å². The van der Waals surface area contributed by atoms with Crippen LogP contribution in [0.15, 0.2) is 41.0 Å². The fourth-order valence-corrected chi connectivity index (χ4v) is 1.90. The molecule has 0 unspecified atom stereocenters.